The van der Waals surface area contributed by atoms with Gasteiger partial charge in [-0.1, -0.05) is 29.3 Å². The molecule has 164 valence electrons. The van der Waals surface area contributed by atoms with E-state index in [9.17, 15) is 9.59 Å². The van der Waals surface area contributed by atoms with E-state index >= 15 is 0 Å². The summed E-state index contributed by atoms with van der Waals surface area (Å²) in [4.78, 5) is 36.9. The van der Waals surface area contributed by atoms with Crippen LogP contribution >= 0.6 is 23.2 Å². The predicted molar refractivity (Wildman–Crippen MR) is 120 cm³/mol. The summed E-state index contributed by atoms with van der Waals surface area (Å²) < 4.78 is 0. The third-order valence-electron chi connectivity index (χ3n) is 5.60. The molecule has 0 aliphatic carbocycles. The molecule has 8 nitrogen and oxygen atoms in total. The van der Waals surface area contributed by atoms with Crippen LogP contribution in [0.25, 0.3) is 0 Å². The lowest BCUT2D eigenvalue weighted by molar-refractivity contribution is -0.134. The number of piperazine rings is 1. The van der Waals surface area contributed by atoms with Crippen molar-refractivity contribution in [2.24, 2.45) is 0 Å². The zero-order valence-corrected chi connectivity index (χ0v) is 18.7. The normalized spacial score (nSPS) is 19.8. The maximum absolute atomic E-state index is 12.6. The summed E-state index contributed by atoms with van der Waals surface area (Å²) in [6.07, 6.45) is 2.71. The number of amides is 2. The molecule has 2 fully saturated rings. The molecular formula is C21H24Cl2N6O2. The molecule has 2 aliphatic rings. The third kappa shape index (κ3) is 5.02. The fourth-order valence-corrected chi connectivity index (χ4v) is 4.45. The highest BCUT2D eigenvalue weighted by molar-refractivity contribution is 6.35. The molecule has 0 radical (unpaired) electrons. The van der Waals surface area contributed by atoms with E-state index in [2.05, 4.69) is 25.5 Å². The average molecular weight is 463 g/mol. The number of nitrogens with zero attached hydrogens (tertiary/aromatic N) is 4. The summed E-state index contributed by atoms with van der Waals surface area (Å²) in [6.45, 7) is 4.41. The number of halogens is 2. The second-order valence-electron chi connectivity index (χ2n) is 7.74. The summed E-state index contributed by atoms with van der Waals surface area (Å²) in [6, 6.07) is 6.79. The molecular weight excluding hydrogens is 439 g/mol. The summed E-state index contributed by atoms with van der Waals surface area (Å²) in [7, 11) is 0. The van der Waals surface area contributed by atoms with Crippen molar-refractivity contribution >= 4 is 46.8 Å². The van der Waals surface area contributed by atoms with Gasteiger partial charge in [-0.2, -0.15) is 4.98 Å². The molecule has 2 aromatic rings. The molecule has 2 saturated heterocycles. The quantitative estimate of drug-likeness (QED) is 0.709. The first-order valence-corrected chi connectivity index (χ1v) is 11.0. The Labute approximate surface area is 190 Å². The molecule has 0 unspecified atom stereocenters. The Bertz CT molecular complexity index is 980. The Morgan fingerprint density at radius 3 is 2.68 bits per heavy atom. The number of anilines is 2. The number of hydrogen-bond donors (Lipinski definition) is 2. The summed E-state index contributed by atoms with van der Waals surface area (Å²) >= 11 is 12.3. The van der Waals surface area contributed by atoms with Crippen LogP contribution in [0.1, 0.15) is 31.4 Å². The molecule has 1 aromatic heterocycles. The number of nitrogens with one attached hydrogen (secondary N) is 2. The number of hydrogen-bond acceptors (Lipinski definition) is 6. The third-order valence-corrected chi connectivity index (χ3v) is 6.17. The van der Waals surface area contributed by atoms with Gasteiger partial charge in [-0.05, 0) is 37.1 Å². The van der Waals surface area contributed by atoms with E-state index in [4.69, 9.17) is 23.2 Å². The largest absolute Gasteiger partial charge is 0.363 e. The van der Waals surface area contributed by atoms with E-state index in [0.29, 0.717) is 60.8 Å². The topological polar surface area (TPSA) is 90.5 Å². The Hall–Kier alpha value is -2.58. The van der Waals surface area contributed by atoms with E-state index in [0.717, 1.165) is 5.56 Å². The first-order valence-electron chi connectivity index (χ1n) is 10.3. The average Bonchev–Trinajstić information content (AvgIpc) is 3.19. The van der Waals surface area contributed by atoms with Crippen LogP contribution in [-0.2, 0) is 9.59 Å². The molecule has 2 aliphatic heterocycles. The van der Waals surface area contributed by atoms with Crippen molar-refractivity contribution in [3.63, 3.8) is 0 Å². The Balaban J connectivity index is 1.36. The smallest absolute Gasteiger partial charge is 0.245 e. The lowest BCUT2D eigenvalue weighted by atomic mass is 10.1. The minimum Gasteiger partial charge on any atom is -0.363 e. The molecule has 2 N–H and O–H groups in total. The van der Waals surface area contributed by atoms with E-state index in [1.54, 1.807) is 17.2 Å². The van der Waals surface area contributed by atoms with Gasteiger partial charge in [0, 0.05) is 48.8 Å². The van der Waals surface area contributed by atoms with Crippen molar-refractivity contribution in [1.82, 2.24) is 20.2 Å². The highest BCUT2D eigenvalue weighted by Crippen LogP contribution is 2.28. The predicted octanol–water partition coefficient (Wildman–Crippen LogP) is 2.88. The summed E-state index contributed by atoms with van der Waals surface area (Å²) in [5, 5.41) is 7.30. The van der Waals surface area contributed by atoms with Crippen LogP contribution < -0.4 is 15.5 Å². The molecule has 0 spiro atoms. The number of carbonyl (C=O) groups is 2. The minimum absolute atomic E-state index is 0.00416. The van der Waals surface area contributed by atoms with Crippen LogP contribution in [0, 0.1) is 0 Å². The number of aromatic nitrogens is 2. The fourth-order valence-electron chi connectivity index (χ4n) is 3.88. The fraction of sp³-hybridized carbons (Fsp3) is 0.429. The maximum Gasteiger partial charge on any atom is 0.245 e. The van der Waals surface area contributed by atoms with E-state index in [1.165, 1.54) is 0 Å². The van der Waals surface area contributed by atoms with Crippen molar-refractivity contribution in [1.29, 1.82) is 0 Å². The Kier molecular flexibility index (Phi) is 6.48. The van der Waals surface area contributed by atoms with Gasteiger partial charge < -0.3 is 20.4 Å². The lowest BCUT2D eigenvalue weighted by Crippen LogP contribution is -2.53. The monoisotopic (exact) mass is 462 g/mol. The standard InChI is InChI=1S/C21H24Cl2N6O2/c1-13(15-3-2-14(22)12-16(15)23)25-18-6-7-24-21(27-18)29-10-8-28(9-11-29)20(31)17-4-5-19(30)26-17/h2-3,6-7,12-13,17H,4-5,8-11H2,1H3,(H,26,30)(H,24,25,27)/t13-,17-/m1/s1. The molecule has 3 heterocycles. The summed E-state index contributed by atoms with van der Waals surface area (Å²) in [5.41, 5.74) is 0.928. The molecule has 10 heteroatoms. The van der Waals surface area contributed by atoms with Crippen molar-refractivity contribution in [3.8, 4) is 0 Å². The SMILES string of the molecule is C[C@@H](Nc1ccnc(N2CCN(C(=O)[C@H]3CCC(=O)N3)CC2)n1)c1ccc(Cl)cc1Cl. The molecule has 31 heavy (non-hydrogen) atoms. The van der Waals surface area contributed by atoms with Gasteiger partial charge in [-0.15, -0.1) is 0 Å². The van der Waals surface area contributed by atoms with Gasteiger partial charge in [0.15, 0.2) is 0 Å². The van der Waals surface area contributed by atoms with Crippen molar-refractivity contribution in [2.75, 3.05) is 36.4 Å². The first-order chi connectivity index (χ1) is 14.9. The van der Waals surface area contributed by atoms with Gasteiger partial charge in [-0.3, -0.25) is 9.59 Å². The van der Waals surface area contributed by atoms with Crippen LogP contribution in [0.3, 0.4) is 0 Å². The Morgan fingerprint density at radius 1 is 1.23 bits per heavy atom. The van der Waals surface area contributed by atoms with E-state index in [1.807, 2.05) is 25.1 Å². The van der Waals surface area contributed by atoms with Gasteiger partial charge in [0.05, 0.1) is 6.04 Å². The van der Waals surface area contributed by atoms with Crippen LogP contribution in [-0.4, -0.2) is 58.9 Å². The first kappa shape index (κ1) is 21.6. The van der Waals surface area contributed by atoms with Gasteiger partial charge in [0.1, 0.15) is 11.9 Å². The molecule has 2 atom stereocenters. The molecule has 0 bridgehead atoms. The van der Waals surface area contributed by atoms with E-state index in [-0.39, 0.29) is 23.9 Å². The van der Waals surface area contributed by atoms with Crippen LogP contribution in [0.4, 0.5) is 11.8 Å². The van der Waals surface area contributed by atoms with Gasteiger partial charge in [0.2, 0.25) is 17.8 Å². The highest BCUT2D eigenvalue weighted by Gasteiger charge is 2.32. The van der Waals surface area contributed by atoms with Gasteiger partial charge in [-0.25, -0.2) is 4.98 Å². The zero-order valence-electron chi connectivity index (χ0n) is 17.1. The van der Waals surface area contributed by atoms with Crippen LogP contribution in [0.2, 0.25) is 10.0 Å². The maximum atomic E-state index is 12.6. The van der Waals surface area contributed by atoms with Crippen LogP contribution in [0.15, 0.2) is 30.5 Å². The number of carbonyl (C=O) groups excluding carboxylic acids is 2. The minimum atomic E-state index is -0.385. The van der Waals surface area contributed by atoms with Crippen molar-refractivity contribution < 1.29 is 9.59 Å². The van der Waals surface area contributed by atoms with E-state index < -0.39 is 0 Å². The van der Waals surface area contributed by atoms with Gasteiger partial charge in [0.25, 0.3) is 0 Å². The highest BCUT2D eigenvalue weighted by atomic mass is 35.5. The van der Waals surface area contributed by atoms with Crippen molar-refractivity contribution in [2.45, 2.75) is 31.8 Å². The van der Waals surface area contributed by atoms with Crippen molar-refractivity contribution in [3.05, 3.63) is 46.1 Å². The van der Waals surface area contributed by atoms with Gasteiger partial charge >= 0.3 is 0 Å². The lowest BCUT2D eigenvalue weighted by Gasteiger charge is -2.36. The Morgan fingerprint density at radius 2 is 2.00 bits per heavy atom. The molecule has 0 saturated carbocycles. The number of benzene rings is 1. The molecule has 4 rings (SSSR count). The second-order valence-corrected chi connectivity index (χ2v) is 8.59. The number of rotatable bonds is 5. The summed E-state index contributed by atoms with van der Waals surface area (Å²) in [5.74, 6) is 1.25. The second kappa shape index (κ2) is 9.28. The zero-order chi connectivity index (χ0) is 22.0. The molecule has 1 aromatic carbocycles. The van der Waals surface area contributed by atoms with Crippen LogP contribution in [0.5, 0.6) is 0 Å². The molecule has 2 amide bonds.